The van der Waals surface area contributed by atoms with Crippen LogP contribution in [0, 0.1) is 6.92 Å². The van der Waals surface area contributed by atoms with Crippen molar-refractivity contribution in [1.82, 2.24) is 4.98 Å². The van der Waals surface area contributed by atoms with Gasteiger partial charge in [0.2, 0.25) is 0 Å². The van der Waals surface area contributed by atoms with E-state index in [0.717, 1.165) is 22.2 Å². The lowest BCUT2D eigenvalue weighted by atomic mass is 10.1. The number of carbonyl (C=O) groups is 1. The van der Waals surface area contributed by atoms with Gasteiger partial charge in [0.15, 0.2) is 0 Å². The molecule has 156 valence electrons. The van der Waals surface area contributed by atoms with Gasteiger partial charge in [-0.2, -0.15) is 0 Å². The number of pyridine rings is 1. The fourth-order valence-electron chi connectivity index (χ4n) is 3.39. The first-order chi connectivity index (χ1) is 15.1. The summed E-state index contributed by atoms with van der Waals surface area (Å²) in [6.45, 7) is 2.05. The highest BCUT2D eigenvalue weighted by atomic mass is 16.5. The minimum atomic E-state index is -0.351. The van der Waals surface area contributed by atoms with Crippen LogP contribution in [0.1, 0.15) is 5.56 Å². The molecule has 1 aromatic heterocycles. The van der Waals surface area contributed by atoms with E-state index in [-0.39, 0.29) is 6.03 Å². The van der Waals surface area contributed by atoms with Crippen LogP contribution in [-0.4, -0.2) is 25.2 Å². The van der Waals surface area contributed by atoms with Gasteiger partial charge in [0.25, 0.3) is 0 Å². The van der Waals surface area contributed by atoms with Crippen molar-refractivity contribution in [2.75, 3.05) is 24.9 Å². The smallest absolute Gasteiger partial charge is 0.323 e. The number of nitrogens with one attached hydrogen (secondary N) is 2. The van der Waals surface area contributed by atoms with Crippen molar-refractivity contribution in [1.29, 1.82) is 0 Å². The topological polar surface area (TPSA) is 72.5 Å². The Morgan fingerprint density at radius 3 is 2.35 bits per heavy atom. The first-order valence-corrected chi connectivity index (χ1v) is 9.83. The van der Waals surface area contributed by atoms with Crippen molar-refractivity contribution in [2.24, 2.45) is 0 Å². The van der Waals surface area contributed by atoms with Gasteiger partial charge >= 0.3 is 6.03 Å². The fraction of sp³-hybridized carbons (Fsp3) is 0.120. The van der Waals surface area contributed by atoms with Gasteiger partial charge in [0, 0.05) is 34.5 Å². The van der Waals surface area contributed by atoms with Gasteiger partial charge in [0.1, 0.15) is 11.5 Å². The molecule has 0 saturated heterocycles. The zero-order chi connectivity index (χ0) is 21.8. The molecule has 2 N–H and O–H groups in total. The summed E-state index contributed by atoms with van der Waals surface area (Å²) in [5.74, 6) is 1.36. The maximum Gasteiger partial charge on any atom is 0.323 e. The standard InChI is InChI=1S/C25H23N3O3/c1-16-6-4-7-17(12-16)23-15-24(31-3)21-14-19(10-11-22(21)28-23)27-25(29)26-18-8-5-9-20(13-18)30-2/h4-15H,1-3H3,(H2,26,27,29). The van der Waals surface area contributed by atoms with Gasteiger partial charge in [0.05, 0.1) is 25.4 Å². The molecule has 0 unspecified atom stereocenters. The molecule has 0 aliphatic heterocycles. The number of benzene rings is 3. The van der Waals surface area contributed by atoms with Crippen molar-refractivity contribution in [3.63, 3.8) is 0 Å². The average Bonchev–Trinajstić information content (AvgIpc) is 2.78. The van der Waals surface area contributed by atoms with E-state index in [9.17, 15) is 4.79 Å². The van der Waals surface area contributed by atoms with Gasteiger partial charge in [-0.1, -0.05) is 29.8 Å². The van der Waals surface area contributed by atoms with E-state index < -0.39 is 0 Å². The third kappa shape index (κ3) is 4.59. The SMILES string of the molecule is COc1cccc(NC(=O)Nc2ccc3nc(-c4cccc(C)c4)cc(OC)c3c2)c1. The van der Waals surface area contributed by atoms with Crippen LogP contribution in [0.15, 0.2) is 72.8 Å². The number of carbonyl (C=O) groups excluding carboxylic acids is 1. The summed E-state index contributed by atoms with van der Waals surface area (Å²) < 4.78 is 10.8. The molecule has 0 saturated carbocycles. The number of amides is 2. The van der Waals surface area contributed by atoms with Gasteiger partial charge in [-0.3, -0.25) is 0 Å². The highest BCUT2D eigenvalue weighted by Gasteiger charge is 2.11. The summed E-state index contributed by atoms with van der Waals surface area (Å²) in [5.41, 5.74) is 5.09. The average molecular weight is 413 g/mol. The van der Waals surface area contributed by atoms with E-state index in [0.29, 0.717) is 22.9 Å². The molecule has 0 aliphatic rings. The molecule has 0 bridgehead atoms. The van der Waals surface area contributed by atoms with Crippen LogP contribution in [0.5, 0.6) is 11.5 Å². The van der Waals surface area contributed by atoms with Crippen LogP contribution in [0.25, 0.3) is 22.2 Å². The lowest BCUT2D eigenvalue weighted by Gasteiger charge is -2.12. The first kappa shape index (κ1) is 20.2. The van der Waals surface area contributed by atoms with Gasteiger partial charge in [-0.15, -0.1) is 0 Å². The Balaban J connectivity index is 1.60. The molecule has 3 aromatic carbocycles. The second-order valence-corrected chi connectivity index (χ2v) is 7.12. The molecule has 4 rings (SSSR count). The molecule has 6 nitrogen and oxygen atoms in total. The second-order valence-electron chi connectivity index (χ2n) is 7.12. The summed E-state index contributed by atoms with van der Waals surface area (Å²) in [6, 6.07) is 22.5. The Bertz CT molecular complexity index is 1250. The number of methoxy groups -OCH3 is 2. The monoisotopic (exact) mass is 413 g/mol. The predicted molar refractivity (Wildman–Crippen MR) is 124 cm³/mol. The van der Waals surface area contributed by atoms with Crippen molar-refractivity contribution in [3.05, 3.63) is 78.4 Å². The Labute approximate surface area is 180 Å². The molecule has 4 aromatic rings. The molecule has 6 heteroatoms. The largest absolute Gasteiger partial charge is 0.497 e. The molecule has 31 heavy (non-hydrogen) atoms. The second kappa shape index (κ2) is 8.75. The Morgan fingerprint density at radius 2 is 1.61 bits per heavy atom. The maximum atomic E-state index is 12.4. The lowest BCUT2D eigenvalue weighted by Crippen LogP contribution is -2.19. The number of nitrogens with zero attached hydrogens (tertiary/aromatic N) is 1. The number of aromatic nitrogens is 1. The Hall–Kier alpha value is -4.06. The molecule has 2 amide bonds. The number of hydrogen-bond acceptors (Lipinski definition) is 4. The molecular formula is C25H23N3O3. The molecule has 0 spiro atoms. The lowest BCUT2D eigenvalue weighted by molar-refractivity contribution is 0.262. The van der Waals surface area contributed by atoms with Crippen LogP contribution in [0.2, 0.25) is 0 Å². The maximum absolute atomic E-state index is 12.4. The van der Waals surface area contributed by atoms with Gasteiger partial charge in [-0.05, 0) is 43.3 Å². The van der Waals surface area contributed by atoms with Gasteiger partial charge < -0.3 is 20.1 Å². The quantitative estimate of drug-likeness (QED) is 0.429. The Kier molecular flexibility index (Phi) is 5.71. The molecule has 0 radical (unpaired) electrons. The van der Waals surface area contributed by atoms with Crippen molar-refractivity contribution >= 4 is 28.3 Å². The number of aryl methyl sites for hydroxylation is 1. The normalized spacial score (nSPS) is 10.5. The zero-order valence-electron chi connectivity index (χ0n) is 17.6. The third-order valence-electron chi connectivity index (χ3n) is 4.89. The van der Waals surface area contributed by atoms with E-state index in [1.807, 2.05) is 48.5 Å². The van der Waals surface area contributed by atoms with Crippen LogP contribution in [0.3, 0.4) is 0 Å². The van der Waals surface area contributed by atoms with Crippen LogP contribution in [-0.2, 0) is 0 Å². The van der Waals surface area contributed by atoms with E-state index in [1.54, 1.807) is 26.4 Å². The van der Waals surface area contributed by atoms with E-state index in [2.05, 4.69) is 29.7 Å². The van der Waals surface area contributed by atoms with E-state index in [4.69, 9.17) is 14.5 Å². The van der Waals surface area contributed by atoms with Crippen LogP contribution < -0.4 is 20.1 Å². The number of urea groups is 1. The molecule has 0 atom stereocenters. The van der Waals surface area contributed by atoms with Crippen LogP contribution in [0.4, 0.5) is 16.2 Å². The minimum Gasteiger partial charge on any atom is -0.497 e. The fourth-order valence-corrected chi connectivity index (χ4v) is 3.39. The summed E-state index contributed by atoms with van der Waals surface area (Å²) in [6.07, 6.45) is 0. The number of fused-ring (bicyclic) bond motifs is 1. The summed E-state index contributed by atoms with van der Waals surface area (Å²) >= 11 is 0. The predicted octanol–water partition coefficient (Wildman–Crippen LogP) is 5.87. The summed E-state index contributed by atoms with van der Waals surface area (Å²) in [5, 5.41) is 6.47. The Morgan fingerprint density at radius 1 is 0.839 bits per heavy atom. The number of anilines is 2. The molecule has 1 heterocycles. The summed E-state index contributed by atoms with van der Waals surface area (Å²) in [4.78, 5) is 17.2. The van der Waals surface area contributed by atoms with Crippen molar-refractivity contribution in [3.8, 4) is 22.8 Å². The van der Waals surface area contributed by atoms with E-state index in [1.165, 1.54) is 5.56 Å². The first-order valence-electron chi connectivity index (χ1n) is 9.83. The molecular weight excluding hydrogens is 390 g/mol. The van der Waals surface area contributed by atoms with E-state index >= 15 is 0 Å². The van der Waals surface area contributed by atoms with Gasteiger partial charge in [-0.25, -0.2) is 9.78 Å². The van der Waals surface area contributed by atoms with Crippen molar-refractivity contribution < 1.29 is 14.3 Å². The number of rotatable bonds is 5. The summed E-state index contributed by atoms with van der Waals surface area (Å²) in [7, 11) is 3.21. The third-order valence-corrected chi connectivity index (χ3v) is 4.89. The zero-order valence-corrected chi connectivity index (χ0v) is 17.6. The number of hydrogen-bond donors (Lipinski definition) is 2. The highest BCUT2D eigenvalue weighted by Crippen LogP contribution is 2.32. The van der Waals surface area contributed by atoms with Crippen LogP contribution >= 0.6 is 0 Å². The number of ether oxygens (including phenoxy) is 2. The van der Waals surface area contributed by atoms with Crippen molar-refractivity contribution in [2.45, 2.75) is 6.92 Å². The molecule has 0 aliphatic carbocycles. The molecule has 0 fully saturated rings. The highest BCUT2D eigenvalue weighted by molar-refractivity contribution is 6.01. The minimum absolute atomic E-state index is 0.351.